The second-order valence-corrected chi connectivity index (χ2v) is 8.48. The van der Waals surface area contributed by atoms with Crippen LogP contribution in [0.25, 0.3) is 11.2 Å². The third-order valence-corrected chi connectivity index (χ3v) is 6.04. The summed E-state index contributed by atoms with van der Waals surface area (Å²) in [6, 6.07) is 4.46. The lowest BCUT2D eigenvalue weighted by atomic mass is 9.85. The fourth-order valence-electron chi connectivity index (χ4n) is 4.00. The average Bonchev–Trinajstić information content (AvgIpc) is 3.14. The lowest BCUT2D eigenvalue weighted by molar-refractivity contribution is -0.122. The van der Waals surface area contributed by atoms with Gasteiger partial charge in [-0.25, -0.2) is 14.4 Å². The zero-order valence-corrected chi connectivity index (χ0v) is 18.3. The van der Waals surface area contributed by atoms with Crippen LogP contribution in [0.4, 0.5) is 22.0 Å². The van der Waals surface area contributed by atoms with E-state index in [1.807, 2.05) is 11.5 Å². The zero-order chi connectivity index (χ0) is 22.8. The first-order valence-corrected chi connectivity index (χ1v) is 10.9. The van der Waals surface area contributed by atoms with Gasteiger partial charge in [0.05, 0.1) is 23.5 Å². The van der Waals surface area contributed by atoms with Crippen molar-refractivity contribution >= 4 is 46.3 Å². The maximum atomic E-state index is 14.6. The van der Waals surface area contributed by atoms with Gasteiger partial charge >= 0.3 is 0 Å². The van der Waals surface area contributed by atoms with Crippen molar-refractivity contribution in [2.75, 3.05) is 17.2 Å². The predicted molar refractivity (Wildman–Crippen MR) is 120 cm³/mol. The molecule has 170 valence electrons. The highest BCUT2D eigenvalue weighted by atomic mass is 35.5. The number of hydrogen-bond donors (Lipinski definition) is 4. The SMILES string of the molecule is C[C@@H](CO)Nc1ncc2nc(Nc3cccc(Cl)c3F)n([C@H]3CC[C@H](C(N)=O)CC3)c2n1. The Kier molecular flexibility index (Phi) is 6.43. The van der Waals surface area contributed by atoms with Crippen LogP contribution in [-0.2, 0) is 4.79 Å². The molecule has 1 aromatic carbocycles. The molecule has 4 rings (SSSR count). The lowest BCUT2D eigenvalue weighted by Gasteiger charge is -2.29. The van der Waals surface area contributed by atoms with Gasteiger partial charge in [0.1, 0.15) is 5.52 Å². The Hall–Kier alpha value is -2.98. The number of anilines is 3. The summed E-state index contributed by atoms with van der Waals surface area (Å²) in [6.07, 6.45) is 4.29. The van der Waals surface area contributed by atoms with Gasteiger partial charge in [0.25, 0.3) is 0 Å². The number of nitrogens with two attached hydrogens (primary N) is 1. The second kappa shape index (κ2) is 9.25. The first-order valence-electron chi connectivity index (χ1n) is 10.5. The molecule has 1 atom stereocenters. The minimum Gasteiger partial charge on any atom is -0.394 e. The molecule has 0 aliphatic heterocycles. The standard InChI is InChI=1S/C21H25ClFN7O2/c1-11(10-31)26-20-25-9-16-19(29-20)30(13-7-5-12(6-8-13)18(24)32)21(28-16)27-15-4-2-3-14(22)17(15)23/h2-4,9,11-13,31H,5-8,10H2,1H3,(H2,24,32)(H,27,28)(H,25,26,29)/t11-,12-,13-/m0/s1. The Morgan fingerprint density at radius 3 is 2.78 bits per heavy atom. The van der Waals surface area contributed by atoms with Crippen LogP contribution in [0.3, 0.4) is 0 Å². The predicted octanol–water partition coefficient (Wildman–Crippen LogP) is 3.37. The first kappa shape index (κ1) is 22.2. The fourth-order valence-corrected chi connectivity index (χ4v) is 4.17. The van der Waals surface area contributed by atoms with Crippen LogP contribution >= 0.6 is 11.6 Å². The topological polar surface area (TPSA) is 131 Å². The number of rotatable bonds is 7. The maximum absolute atomic E-state index is 14.6. The van der Waals surface area contributed by atoms with Crippen molar-refractivity contribution in [3.05, 3.63) is 35.2 Å². The van der Waals surface area contributed by atoms with Crippen molar-refractivity contribution in [2.24, 2.45) is 11.7 Å². The highest BCUT2D eigenvalue weighted by Crippen LogP contribution is 2.37. The molecule has 0 saturated heterocycles. The molecule has 1 aliphatic rings. The Morgan fingerprint density at radius 2 is 2.09 bits per heavy atom. The summed E-state index contributed by atoms with van der Waals surface area (Å²) in [6.45, 7) is 1.74. The van der Waals surface area contributed by atoms with E-state index in [9.17, 15) is 14.3 Å². The van der Waals surface area contributed by atoms with Gasteiger partial charge in [0, 0.05) is 18.0 Å². The maximum Gasteiger partial charge on any atom is 0.225 e. The number of aromatic nitrogens is 4. The molecule has 11 heteroatoms. The van der Waals surface area contributed by atoms with Crippen LogP contribution in [0.5, 0.6) is 0 Å². The van der Waals surface area contributed by atoms with Crippen LogP contribution in [0.1, 0.15) is 38.6 Å². The van der Waals surface area contributed by atoms with Crippen molar-refractivity contribution in [1.29, 1.82) is 0 Å². The number of nitrogens with one attached hydrogen (secondary N) is 2. The molecule has 32 heavy (non-hydrogen) atoms. The summed E-state index contributed by atoms with van der Waals surface area (Å²) in [4.78, 5) is 25.1. The Bertz CT molecular complexity index is 1130. The molecule has 1 fully saturated rings. The molecule has 0 spiro atoms. The molecule has 0 unspecified atom stereocenters. The summed E-state index contributed by atoms with van der Waals surface area (Å²) in [5.74, 6) is -0.252. The number of imidazole rings is 1. The van der Waals surface area contributed by atoms with Gasteiger partial charge in [0.15, 0.2) is 11.5 Å². The molecule has 2 aromatic heterocycles. The third-order valence-electron chi connectivity index (χ3n) is 5.74. The van der Waals surface area contributed by atoms with Crippen molar-refractivity contribution in [3.63, 3.8) is 0 Å². The quantitative estimate of drug-likeness (QED) is 0.424. The van der Waals surface area contributed by atoms with Crippen molar-refractivity contribution in [2.45, 2.75) is 44.7 Å². The van der Waals surface area contributed by atoms with Crippen LogP contribution < -0.4 is 16.4 Å². The lowest BCUT2D eigenvalue weighted by Crippen LogP contribution is -2.29. The van der Waals surface area contributed by atoms with Crippen molar-refractivity contribution in [3.8, 4) is 0 Å². The summed E-state index contributed by atoms with van der Waals surface area (Å²) in [7, 11) is 0. The zero-order valence-electron chi connectivity index (χ0n) is 17.6. The minimum absolute atomic E-state index is 0.00361. The number of aliphatic hydroxyl groups is 1. The van der Waals surface area contributed by atoms with Crippen LogP contribution in [0.15, 0.2) is 24.4 Å². The largest absolute Gasteiger partial charge is 0.394 e. The molecule has 0 radical (unpaired) electrons. The first-order chi connectivity index (χ1) is 15.4. The molecule has 9 nitrogen and oxygen atoms in total. The number of carbonyl (C=O) groups excluding carboxylic acids is 1. The molecule has 1 saturated carbocycles. The van der Waals surface area contributed by atoms with Crippen molar-refractivity contribution in [1.82, 2.24) is 19.5 Å². The van der Waals surface area contributed by atoms with Crippen LogP contribution in [0.2, 0.25) is 5.02 Å². The number of carbonyl (C=O) groups is 1. The van der Waals surface area contributed by atoms with E-state index in [1.54, 1.807) is 18.3 Å². The van der Waals surface area contributed by atoms with Gasteiger partial charge in [0.2, 0.25) is 17.8 Å². The Labute approximate surface area is 189 Å². The highest BCUT2D eigenvalue weighted by Gasteiger charge is 2.29. The van der Waals surface area contributed by atoms with E-state index in [4.69, 9.17) is 17.3 Å². The normalized spacial score (nSPS) is 19.6. The Morgan fingerprint density at radius 1 is 1.34 bits per heavy atom. The third kappa shape index (κ3) is 4.46. The molecule has 5 N–H and O–H groups in total. The molecule has 3 aromatic rings. The van der Waals surface area contributed by atoms with E-state index in [0.29, 0.717) is 48.7 Å². The highest BCUT2D eigenvalue weighted by molar-refractivity contribution is 6.31. The second-order valence-electron chi connectivity index (χ2n) is 8.07. The molecule has 1 amide bonds. The average molecular weight is 462 g/mol. The minimum atomic E-state index is -0.574. The van der Waals surface area contributed by atoms with E-state index >= 15 is 0 Å². The number of aliphatic hydroxyl groups excluding tert-OH is 1. The van der Waals surface area contributed by atoms with E-state index < -0.39 is 5.82 Å². The molecular formula is C21H25ClFN7O2. The van der Waals surface area contributed by atoms with Gasteiger partial charge in [-0.2, -0.15) is 4.98 Å². The summed E-state index contributed by atoms with van der Waals surface area (Å²) < 4.78 is 16.5. The number of hydrogen-bond acceptors (Lipinski definition) is 7. The number of primary amides is 1. The van der Waals surface area contributed by atoms with E-state index in [-0.39, 0.29) is 41.2 Å². The number of fused-ring (bicyclic) bond motifs is 1. The summed E-state index contributed by atoms with van der Waals surface area (Å²) in [5.41, 5.74) is 6.79. The van der Waals surface area contributed by atoms with Gasteiger partial charge in [-0.15, -0.1) is 0 Å². The van der Waals surface area contributed by atoms with Gasteiger partial charge in [-0.1, -0.05) is 17.7 Å². The van der Waals surface area contributed by atoms with Gasteiger partial charge in [-0.05, 0) is 44.7 Å². The molecule has 1 aliphatic carbocycles. The van der Waals surface area contributed by atoms with Gasteiger partial charge < -0.3 is 21.5 Å². The number of benzene rings is 1. The number of amides is 1. The number of halogens is 2. The monoisotopic (exact) mass is 461 g/mol. The van der Waals surface area contributed by atoms with Gasteiger partial charge in [-0.3, -0.25) is 9.36 Å². The van der Waals surface area contributed by atoms with E-state index in [0.717, 1.165) is 0 Å². The summed E-state index contributed by atoms with van der Waals surface area (Å²) >= 11 is 5.94. The molecule has 0 bridgehead atoms. The van der Waals surface area contributed by atoms with Crippen LogP contribution in [0, 0.1) is 11.7 Å². The summed E-state index contributed by atoms with van der Waals surface area (Å²) in [5, 5.41) is 15.4. The molecule has 2 heterocycles. The molecular weight excluding hydrogens is 437 g/mol. The fraction of sp³-hybridized carbons (Fsp3) is 0.429. The van der Waals surface area contributed by atoms with Crippen molar-refractivity contribution < 1.29 is 14.3 Å². The van der Waals surface area contributed by atoms with E-state index in [1.165, 1.54) is 6.07 Å². The van der Waals surface area contributed by atoms with Crippen LogP contribution in [-0.4, -0.2) is 43.2 Å². The van der Waals surface area contributed by atoms with E-state index in [2.05, 4.69) is 25.6 Å². The smallest absolute Gasteiger partial charge is 0.225 e. The number of nitrogens with zero attached hydrogens (tertiary/aromatic N) is 4. The Balaban J connectivity index is 1.75.